The number of benzene rings is 2. The molecule has 0 unspecified atom stereocenters. The third-order valence-corrected chi connectivity index (χ3v) is 7.69. The first-order valence-electron chi connectivity index (χ1n) is 15.7. The molecule has 2 N–H and O–H groups in total. The molecule has 0 atom stereocenters. The molecule has 3 nitrogen and oxygen atoms in total. The van der Waals surface area contributed by atoms with Crippen LogP contribution in [0, 0.1) is 6.92 Å². The summed E-state index contributed by atoms with van der Waals surface area (Å²) in [5, 5.41) is 13.6. The number of alkyl halides is 3. The highest BCUT2D eigenvalue weighted by Crippen LogP contribution is 2.40. The average molecular weight is 590 g/mol. The van der Waals surface area contributed by atoms with Crippen molar-refractivity contribution in [1.82, 2.24) is 5.32 Å². The second-order valence-corrected chi connectivity index (χ2v) is 11.7. The normalized spacial score (nSPS) is 13.3. The van der Waals surface area contributed by atoms with E-state index < -0.39 is 11.6 Å². The number of rotatable bonds is 14. The van der Waals surface area contributed by atoms with E-state index in [1.807, 2.05) is 18.9 Å². The van der Waals surface area contributed by atoms with Crippen LogP contribution in [0.5, 0.6) is 5.75 Å². The predicted molar refractivity (Wildman–Crippen MR) is 172 cm³/mol. The molecule has 6 heteroatoms. The zero-order valence-corrected chi connectivity index (χ0v) is 26.6. The number of phenolic OH excluding ortho intramolecular Hbond substituents is 1. The maximum absolute atomic E-state index is 12.6. The summed E-state index contributed by atoms with van der Waals surface area (Å²) in [6, 6.07) is 15.0. The molecule has 2 aromatic rings. The van der Waals surface area contributed by atoms with Gasteiger partial charge in [0.2, 0.25) is 0 Å². The van der Waals surface area contributed by atoms with E-state index in [9.17, 15) is 18.3 Å². The zero-order valence-electron chi connectivity index (χ0n) is 26.6. The fraction of sp³-hybridized carbons (Fsp3) is 0.583. The number of aryl methyl sites for hydroxylation is 2. The van der Waals surface area contributed by atoms with E-state index in [1.165, 1.54) is 71.9 Å². The fourth-order valence-electron chi connectivity index (χ4n) is 5.25. The summed E-state index contributed by atoms with van der Waals surface area (Å²) in [7, 11) is 0. The maximum atomic E-state index is 12.6. The summed E-state index contributed by atoms with van der Waals surface area (Å²) >= 11 is 0. The van der Waals surface area contributed by atoms with Crippen LogP contribution in [-0.2, 0) is 11.2 Å². The Morgan fingerprint density at radius 3 is 2.17 bits per heavy atom. The van der Waals surface area contributed by atoms with Gasteiger partial charge in [-0.25, -0.2) is 13.2 Å². The lowest BCUT2D eigenvalue weighted by Gasteiger charge is -2.25. The number of fused-ring (bicyclic) bond motifs is 1. The smallest absolute Gasteiger partial charge is 0.280 e. The van der Waals surface area contributed by atoms with E-state index in [-0.39, 0.29) is 6.42 Å². The standard InChI is InChI=1S/C28H39NO.C7H13F3.CH2O/c1-3-4-7-18-29-19-8-5-6-14-28-26(23-12-9-11-22(2)20-23)15-10-13-24-21-25(30)16-17-27(24)28;1-4-5-7(9,10)6(2,3)8;1-2/h9,11-12,16-17,20-21,29-30H,3-8,10,13-15,18-19H2,1-2H3;4-5H2,1-3H3;1H2. The van der Waals surface area contributed by atoms with Gasteiger partial charge in [-0.05, 0) is 119 Å². The lowest BCUT2D eigenvalue weighted by atomic mass is 9.88. The summed E-state index contributed by atoms with van der Waals surface area (Å²) in [4.78, 5) is 8.00. The molecule has 236 valence electrons. The number of aromatic hydroxyl groups is 1. The average Bonchev–Trinajstić information content (AvgIpc) is 3.12. The molecule has 0 fully saturated rings. The number of phenols is 1. The summed E-state index contributed by atoms with van der Waals surface area (Å²) in [5.74, 6) is -2.79. The number of hydrogen-bond acceptors (Lipinski definition) is 3. The van der Waals surface area contributed by atoms with Gasteiger partial charge < -0.3 is 15.2 Å². The minimum absolute atomic E-state index is 0.306. The van der Waals surface area contributed by atoms with Crippen molar-refractivity contribution in [3.8, 4) is 5.75 Å². The molecular formula is C36H54F3NO2. The third kappa shape index (κ3) is 12.7. The topological polar surface area (TPSA) is 49.3 Å². The lowest BCUT2D eigenvalue weighted by molar-refractivity contribution is -0.125. The Kier molecular flexibility index (Phi) is 17.4. The van der Waals surface area contributed by atoms with Gasteiger partial charge in [-0.3, -0.25) is 0 Å². The first-order valence-corrected chi connectivity index (χ1v) is 15.7. The highest BCUT2D eigenvalue weighted by Gasteiger charge is 2.46. The molecule has 0 aliphatic heterocycles. The van der Waals surface area contributed by atoms with E-state index >= 15 is 0 Å². The van der Waals surface area contributed by atoms with Crippen LogP contribution in [0.4, 0.5) is 13.2 Å². The van der Waals surface area contributed by atoms with Gasteiger partial charge in [-0.15, -0.1) is 0 Å². The van der Waals surface area contributed by atoms with Crippen molar-refractivity contribution in [2.45, 2.75) is 123 Å². The molecule has 42 heavy (non-hydrogen) atoms. The van der Waals surface area contributed by atoms with Crippen molar-refractivity contribution < 1.29 is 23.1 Å². The van der Waals surface area contributed by atoms with Crippen LogP contribution in [0.3, 0.4) is 0 Å². The molecule has 0 saturated heterocycles. The number of hydrogen-bond donors (Lipinski definition) is 2. The van der Waals surface area contributed by atoms with Crippen LogP contribution in [-0.4, -0.2) is 36.6 Å². The third-order valence-electron chi connectivity index (χ3n) is 7.69. The van der Waals surface area contributed by atoms with Gasteiger partial charge in [0.25, 0.3) is 5.92 Å². The van der Waals surface area contributed by atoms with Gasteiger partial charge in [0.1, 0.15) is 12.5 Å². The quantitative estimate of drug-likeness (QED) is 0.216. The number of carbonyl (C=O) groups excluding carboxylic acids is 1. The zero-order chi connectivity index (χ0) is 31.6. The van der Waals surface area contributed by atoms with Crippen LogP contribution < -0.4 is 5.32 Å². The van der Waals surface area contributed by atoms with Crippen LogP contribution in [0.2, 0.25) is 0 Å². The minimum Gasteiger partial charge on any atom is -0.508 e. The van der Waals surface area contributed by atoms with Gasteiger partial charge in [0.15, 0.2) is 5.67 Å². The predicted octanol–water partition coefficient (Wildman–Crippen LogP) is 10.3. The highest BCUT2D eigenvalue weighted by molar-refractivity contribution is 5.92. The molecule has 3 rings (SSSR count). The SMILES string of the molecule is C=O.CCCC(F)(F)C(C)(C)F.CCCCCNCCCCCC1=C(c2cccc(C)c2)CCCc2cc(O)ccc21. The maximum Gasteiger partial charge on any atom is 0.280 e. The monoisotopic (exact) mass is 589 g/mol. The molecular weight excluding hydrogens is 535 g/mol. The molecule has 0 aromatic heterocycles. The van der Waals surface area contributed by atoms with Crippen molar-refractivity contribution in [2.24, 2.45) is 0 Å². The minimum atomic E-state index is -3.18. The summed E-state index contributed by atoms with van der Waals surface area (Å²) in [5.41, 5.74) is 6.00. The second-order valence-electron chi connectivity index (χ2n) is 11.7. The van der Waals surface area contributed by atoms with Crippen LogP contribution in [0.25, 0.3) is 11.1 Å². The van der Waals surface area contributed by atoms with Gasteiger partial charge in [-0.2, -0.15) is 0 Å². The fourth-order valence-corrected chi connectivity index (χ4v) is 5.25. The van der Waals surface area contributed by atoms with Gasteiger partial charge >= 0.3 is 0 Å². The molecule has 0 saturated carbocycles. The van der Waals surface area contributed by atoms with Crippen LogP contribution >= 0.6 is 0 Å². The Bertz CT molecular complexity index is 1080. The Morgan fingerprint density at radius 2 is 1.57 bits per heavy atom. The van der Waals surface area contributed by atoms with Crippen molar-refractivity contribution in [1.29, 1.82) is 0 Å². The Balaban J connectivity index is 0.000000624. The number of nitrogens with one attached hydrogen (secondary N) is 1. The number of unbranched alkanes of at least 4 members (excludes halogenated alkanes) is 4. The lowest BCUT2D eigenvalue weighted by Crippen LogP contribution is -2.38. The molecule has 1 aliphatic rings. The molecule has 0 spiro atoms. The Hall–Kier alpha value is -2.60. The molecule has 0 heterocycles. The largest absolute Gasteiger partial charge is 0.508 e. The van der Waals surface area contributed by atoms with E-state index in [0.29, 0.717) is 12.2 Å². The first-order chi connectivity index (χ1) is 20.0. The van der Waals surface area contributed by atoms with E-state index in [2.05, 4.69) is 49.5 Å². The van der Waals surface area contributed by atoms with Crippen molar-refractivity contribution in [3.05, 3.63) is 64.7 Å². The van der Waals surface area contributed by atoms with Crippen molar-refractivity contribution in [3.63, 3.8) is 0 Å². The highest BCUT2D eigenvalue weighted by atomic mass is 19.3. The van der Waals surface area contributed by atoms with E-state index in [1.54, 1.807) is 6.92 Å². The number of halogens is 3. The van der Waals surface area contributed by atoms with Crippen molar-refractivity contribution >= 4 is 17.9 Å². The van der Waals surface area contributed by atoms with E-state index in [0.717, 1.165) is 52.6 Å². The van der Waals surface area contributed by atoms with Gasteiger partial charge in [-0.1, -0.05) is 75.4 Å². The Labute approximate surface area is 253 Å². The number of allylic oxidation sites excluding steroid dienone is 2. The molecule has 2 aromatic carbocycles. The van der Waals surface area contributed by atoms with Crippen LogP contribution in [0.1, 0.15) is 121 Å². The van der Waals surface area contributed by atoms with E-state index in [4.69, 9.17) is 4.79 Å². The summed E-state index contributed by atoms with van der Waals surface area (Å²) < 4.78 is 37.7. The summed E-state index contributed by atoms with van der Waals surface area (Å²) in [6.07, 6.45) is 12.0. The van der Waals surface area contributed by atoms with Gasteiger partial charge in [0.05, 0.1) is 0 Å². The first kappa shape index (κ1) is 37.4. The molecule has 0 amide bonds. The number of carbonyl (C=O) groups is 1. The molecule has 1 aliphatic carbocycles. The van der Waals surface area contributed by atoms with Crippen molar-refractivity contribution in [2.75, 3.05) is 13.1 Å². The Morgan fingerprint density at radius 1 is 0.881 bits per heavy atom. The second kappa shape index (κ2) is 19.6. The van der Waals surface area contributed by atoms with Gasteiger partial charge in [0, 0.05) is 6.42 Å². The van der Waals surface area contributed by atoms with Crippen LogP contribution in [0.15, 0.2) is 42.5 Å². The molecule has 0 bridgehead atoms. The molecule has 0 radical (unpaired) electrons. The summed E-state index contributed by atoms with van der Waals surface area (Å²) in [6.45, 7) is 12.2.